The van der Waals surface area contributed by atoms with Crippen LogP contribution in [0, 0.1) is 0 Å². The van der Waals surface area contributed by atoms with Crippen molar-refractivity contribution in [3.05, 3.63) is 93.9 Å². The first kappa shape index (κ1) is 15.8. The number of para-hydroxylation sites is 1. The van der Waals surface area contributed by atoms with Crippen molar-refractivity contribution in [2.24, 2.45) is 0 Å². The van der Waals surface area contributed by atoms with E-state index in [0.29, 0.717) is 29.4 Å². The first-order valence-corrected chi connectivity index (χ1v) is 8.98. The van der Waals surface area contributed by atoms with Gasteiger partial charge in [0.2, 0.25) is 0 Å². The summed E-state index contributed by atoms with van der Waals surface area (Å²) in [5.41, 5.74) is 3.61. The highest BCUT2D eigenvalue weighted by Crippen LogP contribution is 2.34. The van der Waals surface area contributed by atoms with E-state index >= 15 is 0 Å². The smallest absolute Gasteiger partial charge is 0.281 e. The molecular formula is C22H17N3O2. The average Bonchev–Trinajstić information content (AvgIpc) is 3.06. The van der Waals surface area contributed by atoms with Crippen LogP contribution in [0.5, 0.6) is 0 Å². The number of benzene rings is 2. The quantitative estimate of drug-likeness (QED) is 0.597. The van der Waals surface area contributed by atoms with Crippen molar-refractivity contribution >= 4 is 16.8 Å². The summed E-state index contributed by atoms with van der Waals surface area (Å²) >= 11 is 0. The number of carbonyl (C=O) groups excluding carboxylic acids is 1. The first-order chi connectivity index (χ1) is 13.2. The molecule has 0 radical (unpaired) electrons. The van der Waals surface area contributed by atoms with Gasteiger partial charge in [-0.15, -0.1) is 0 Å². The van der Waals surface area contributed by atoms with Gasteiger partial charge in [-0.25, -0.2) is 9.67 Å². The van der Waals surface area contributed by atoms with E-state index in [-0.39, 0.29) is 17.3 Å². The first-order valence-electron chi connectivity index (χ1n) is 8.98. The molecule has 2 aromatic heterocycles. The van der Waals surface area contributed by atoms with Crippen molar-refractivity contribution in [1.29, 1.82) is 0 Å². The number of rotatable bonds is 2. The van der Waals surface area contributed by atoms with Gasteiger partial charge in [-0.2, -0.15) is 0 Å². The molecule has 132 valence electrons. The van der Waals surface area contributed by atoms with Crippen molar-refractivity contribution in [1.82, 2.24) is 14.8 Å². The van der Waals surface area contributed by atoms with E-state index in [1.54, 1.807) is 6.20 Å². The van der Waals surface area contributed by atoms with Crippen LogP contribution in [0.1, 0.15) is 33.8 Å². The Balaban J connectivity index is 1.70. The van der Waals surface area contributed by atoms with Gasteiger partial charge in [0, 0.05) is 18.2 Å². The number of hydrogen-bond acceptors (Lipinski definition) is 3. The van der Waals surface area contributed by atoms with E-state index in [9.17, 15) is 9.59 Å². The highest BCUT2D eigenvalue weighted by molar-refractivity contribution is 6.02. The number of nitrogens with zero attached hydrogens (tertiary/aromatic N) is 2. The number of aromatic amines is 1. The number of aromatic nitrogens is 3. The highest BCUT2D eigenvalue weighted by atomic mass is 16.1. The number of fused-ring (bicyclic) bond motifs is 3. The minimum Gasteiger partial charge on any atom is -0.294 e. The Morgan fingerprint density at radius 1 is 0.926 bits per heavy atom. The molecule has 2 heterocycles. The predicted molar refractivity (Wildman–Crippen MR) is 104 cm³/mol. The lowest BCUT2D eigenvalue weighted by molar-refractivity contribution is 0.0964. The Bertz CT molecular complexity index is 1210. The number of Topliss-reactive ketones (excluding diaryl/α,β-unsaturated/α-hetero) is 1. The Morgan fingerprint density at radius 3 is 2.37 bits per heavy atom. The molecule has 0 bridgehead atoms. The van der Waals surface area contributed by atoms with Gasteiger partial charge in [0.15, 0.2) is 11.4 Å². The van der Waals surface area contributed by atoms with Gasteiger partial charge in [-0.1, -0.05) is 48.5 Å². The molecule has 5 nitrogen and oxygen atoms in total. The third kappa shape index (κ3) is 2.51. The molecule has 0 fully saturated rings. The molecule has 0 aliphatic heterocycles. The second-order valence-corrected chi connectivity index (χ2v) is 6.90. The maximum atomic E-state index is 13.1. The van der Waals surface area contributed by atoms with E-state index in [1.807, 2.05) is 60.7 Å². The standard InChI is InChI=1S/C22H17N3O2/c26-19-12-15(14-7-3-1-4-8-14)11-17-18(19)13-23-21-20(17)22(27)25(24-21)16-9-5-2-6-10-16/h1-10,13,15H,11-12H2,(H,23,24)/t15-/m1/s1. The minimum absolute atomic E-state index is 0.0476. The van der Waals surface area contributed by atoms with Crippen LogP contribution in [-0.4, -0.2) is 20.5 Å². The fourth-order valence-electron chi connectivity index (χ4n) is 3.96. The molecule has 0 spiro atoms. The summed E-state index contributed by atoms with van der Waals surface area (Å²) in [4.78, 5) is 30.2. The summed E-state index contributed by atoms with van der Waals surface area (Å²) in [5.74, 6) is 0.127. The maximum Gasteiger partial charge on any atom is 0.281 e. The van der Waals surface area contributed by atoms with Crippen LogP contribution in [-0.2, 0) is 6.42 Å². The molecule has 27 heavy (non-hydrogen) atoms. The van der Waals surface area contributed by atoms with Gasteiger partial charge in [-0.3, -0.25) is 14.7 Å². The van der Waals surface area contributed by atoms with E-state index in [1.165, 1.54) is 4.68 Å². The molecule has 1 N–H and O–H groups in total. The molecule has 0 saturated heterocycles. The molecule has 5 rings (SSSR count). The summed E-state index contributed by atoms with van der Waals surface area (Å²) in [6, 6.07) is 19.4. The predicted octanol–water partition coefficient (Wildman–Crippen LogP) is 3.63. The zero-order valence-electron chi connectivity index (χ0n) is 14.6. The van der Waals surface area contributed by atoms with Crippen LogP contribution in [0.15, 0.2) is 71.7 Å². The number of nitrogens with one attached hydrogen (secondary N) is 1. The second kappa shape index (κ2) is 6.06. The molecular weight excluding hydrogens is 338 g/mol. The maximum absolute atomic E-state index is 13.1. The summed E-state index contributed by atoms with van der Waals surface area (Å²) in [6.45, 7) is 0. The fraction of sp³-hybridized carbons (Fsp3) is 0.136. The molecule has 1 aliphatic rings. The Kier molecular flexibility index (Phi) is 3.53. The van der Waals surface area contributed by atoms with Crippen molar-refractivity contribution in [2.45, 2.75) is 18.8 Å². The van der Waals surface area contributed by atoms with Crippen LogP contribution in [0.3, 0.4) is 0 Å². The number of H-pyrrole nitrogens is 1. The van der Waals surface area contributed by atoms with Gasteiger partial charge >= 0.3 is 0 Å². The molecule has 1 aliphatic carbocycles. The Morgan fingerprint density at radius 2 is 1.63 bits per heavy atom. The normalized spacial score (nSPS) is 16.4. The lowest BCUT2D eigenvalue weighted by Crippen LogP contribution is -2.22. The number of ketones is 1. The van der Waals surface area contributed by atoms with Crippen molar-refractivity contribution in [3.8, 4) is 5.69 Å². The van der Waals surface area contributed by atoms with Crippen LogP contribution in [0.4, 0.5) is 0 Å². The zero-order chi connectivity index (χ0) is 18.4. The molecule has 5 heteroatoms. The summed E-state index contributed by atoms with van der Waals surface area (Å²) in [6.07, 6.45) is 2.71. The van der Waals surface area contributed by atoms with E-state index < -0.39 is 0 Å². The highest BCUT2D eigenvalue weighted by Gasteiger charge is 2.30. The van der Waals surface area contributed by atoms with Crippen molar-refractivity contribution in [3.63, 3.8) is 0 Å². The largest absolute Gasteiger partial charge is 0.294 e. The zero-order valence-corrected chi connectivity index (χ0v) is 14.6. The summed E-state index contributed by atoms with van der Waals surface area (Å²) < 4.78 is 1.49. The number of carbonyl (C=O) groups is 1. The second-order valence-electron chi connectivity index (χ2n) is 6.90. The molecule has 1 atom stereocenters. The molecule has 4 aromatic rings. The van der Waals surface area contributed by atoms with E-state index in [4.69, 9.17) is 0 Å². The van der Waals surface area contributed by atoms with Crippen LogP contribution >= 0.6 is 0 Å². The van der Waals surface area contributed by atoms with Gasteiger partial charge < -0.3 is 0 Å². The van der Waals surface area contributed by atoms with Crippen LogP contribution < -0.4 is 5.56 Å². The Labute approximate surface area is 155 Å². The SMILES string of the molecule is O=C1C[C@H](c2ccccc2)Cc2c1cnc1[nH]n(-c3ccccc3)c(=O)c21. The topological polar surface area (TPSA) is 67.8 Å². The van der Waals surface area contributed by atoms with Gasteiger partial charge in [0.25, 0.3) is 5.56 Å². The van der Waals surface area contributed by atoms with Gasteiger partial charge in [-0.05, 0) is 35.6 Å². The van der Waals surface area contributed by atoms with Crippen LogP contribution in [0.2, 0.25) is 0 Å². The van der Waals surface area contributed by atoms with Crippen molar-refractivity contribution < 1.29 is 4.79 Å². The molecule has 0 amide bonds. The van der Waals surface area contributed by atoms with Crippen molar-refractivity contribution in [2.75, 3.05) is 0 Å². The fourth-order valence-corrected chi connectivity index (χ4v) is 3.96. The van der Waals surface area contributed by atoms with E-state index in [2.05, 4.69) is 10.1 Å². The molecule has 2 aromatic carbocycles. The lowest BCUT2D eigenvalue weighted by Gasteiger charge is -2.23. The average molecular weight is 355 g/mol. The van der Waals surface area contributed by atoms with Gasteiger partial charge in [0.1, 0.15) is 0 Å². The van der Waals surface area contributed by atoms with Gasteiger partial charge in [0.05, 0.1) is 11.1 Å². The van der Waals surface area contributed by atoms with Crippen LogP contribution in [0.25, 0.3) is 16.7 Å². The number of hydrogen-bond donors (Lipinski definition) is 1. The summed E-state index contributed by atoms with van der Waals surface area (Å²) in [7, 11) is 0. The third-order valence-electron chi connectivity index (χ3n) is 5.29. The Hall–Kier alpha value is -3.47. The van der Waals surface area contributed by atoms with E-state index in [0.717, 1.165) is 16.8 Å². The minimum atomic E-state index is -0.165. The third-order valence-corrected chi connectivity index (χ3v) is 5.29. The molecule has 0 saturated carbocycles. The lowest BCUT2D eigenvalue weighted by atomic mass is 9.79. The number of pyridine rings is 1. The summed E-state index contributed by atoms with van der Waals surface area (Å²) in [5, 5.41) is 3.60. The molecule has 0 unspecified atom stereocenters. The monoisotopic (exact) mass is 355 g/mol.